The van der Waals surface area contributed by atoms with Crippen LogP contribution in [-0.4, -0.2) is 21.9 Å². The smallest absolute Gasteiger partial charge is 0.252 e. The van der Waals surface area contributed by atoms with Crippen molar-refractivity contribution < 1.29 is 4.79 Å². The summed E-state index contributed by atoms with van der Waals surface area (Å²) in [7, 11) is 0. The fourth-order valence-electron chi connectivity index (χ4n) is 2.36. The standard InChI is InChI=1S/C15H15N3OS/c16-14(20)13(9-5-6-9)18-15(19)11-7-8-17-12-4-2-1-3-10(11)12/h1-4,7-9,13H,5-6H2,(H2,16,20)(H,18,19). The lowest BCUT2D eigenvalue weighted by Crippen LogP contribution is -2.45. The van der Waals surface area contributed by atoms with Crippen molar-refractivity contribution >= 4 is 34.0 Å². The van der Waals surface area contributed by atoms with Crippen LogP contribution in [0.4, 0.5) is 0 Å². The van der Waals surface area contributed by atoms with E-state index in [1.807, 2.05) is 24.3 Å². The Morgan fingerprint density at radius 2 is 2.10 bits per heavy atom. The minimum atomic E-state index is -0.204. The van der Waals surface area contributed by atoms with Gasteiger partial charge in [0.15, 0.2) is 0 Å². The number of aromatic nitrogens is 1. The second kappa shape index (κ2) is 5.17. The molecule has 102 valence electrons. The van der Waals surface area contributed by atoms with Gasteiger partial charge in [0, 0.05) is 11.6 Å². The van der Waals surface area contributed by atoms with Crippen molar-refractivity contribution in [1.29, 1.82) is 0 Å². The summed E-state index contributed by atoms with van der Waals surface area (Å²) in [6, 6.07) is 9.10. The van der Waals surface area contributed by atoms with Crippen LogP contribution in [-0.2, 0) is 0 Å². The molecule has 3 N–H and O–H groups in total. The number of amides is 1. The normalized spacial score (nSPS) is 15.8. The van der Waals surface area contributed by atoms with Crippen molar-refractivity contribution in [2.75, 3.05) is 0 Å². The fraction of sp³-hybridized carbons (Fsp3) is 0.267. The molecule has 2 aromatic rings. The number of hydrogen-bond donors (Lipinski definition) is 2. The second-order valence-electron chi connectivity index (χ2n) is 5.07. The molecule has 5 heteroatoms. The summed E-state index contributed by atoms with van der Waals surface area (Å²) in [5.41, 5.74) is 7.13. The van der Waals surface area contributed by atoms with Crippen molar-refractivity contribution in [3.05, 3.63) is 42.1 Å². The van der Waals surface area contributed by atoms with Gasteiger partial charge in [-0.05, 0) is 30.9 Å². The van der Waals surface area contributed by atoms with Crippen LogP contribution >= 0.6 is 12.2 Å². The molecule has 1 atom stereocenters. The third-order valence-corrected chi connectivity index (χ3v) is 3.83. The van der Waals surface area contributed by atoms with E-state index in [4.69, 9.17) is 18.0 Å². The van der Waals surface area contributed by atoms with Crippen molar-refractivity contribution in [1.82, 2.24) is 10.3 Å². The molecule has 1 saturated carbocycles. The average Bonchev–Trinajstić information content (AvgIpc) is 3.28. The summed E-state index contributed by atoms with van der Waals surface area (Å²) in [4.78, 5) is 17.1. The number of nitrogens with one attached hydrogen (secondary N) is 1. The summed E-state index contributed by atoms with van der Waals surface area (Å²) in [6.45, 7) is 0. The first kappa shape index (κ1) is 13.0. The number of pyridine rings is 1. The number of hydrogen-bond acceptors (Lipinski definition) is 3. The van der Waals surface area contributed by atoms with Crippen LogP contribution in [0.25, 0.3) is 10.9 Å². The van der Waals surface area contributed by atoms with Crippen LogP contribution < -0.4 is 11.1 Å². The number of nitrogens with two attached hydrogens (primary N) is 1. The zero-order chi connectivity index (χ0) is 14.1. The number of nitrogens with zero attached hydrogens (tertiary/aromatic N) is 1. The molecule has 1 aromatic heterocycles. The molecule has 4 nitrogen and oxygen atoms in total. The number of para-hydroxylation sites is 1. The van der Waals surface area contributed by atoms with Gasteiger partial charge in [0.05, 0.1) is 22.1 Å². The Balaban J connectivity index is 1.90. The number of carbonyl (C=O) groups is 1. The van der Waals surface area contributed by atoms with Crippen LogP contribution in [0.5, 0.6) is 0 Å². The molecular formula is C15H15N3OS. The van der Waals surface area contributed by atoms with Crippen molar-refractivity contribution in [2.24, 2.45) is 11.7 Å². The van der Waals surface area contributed by atoms with Crippen molar-refractivity contribution in [3.63, 3.8) is 0 Å². The van der Waals surface area contributed by atoms with Gasteiger partial charge in [0.1, 0.15) is 0 Å². The third kappa shape index (κ3) is 2.49. The van der Waals surface area contributed by atoms with E-state index in [9.17, 15) is 4.79 Å². The van der Waals surface area contributed by atoms with E-state index in [0.717, 1.165) is 23.7 Å². The molecule has 0 saturated heterocycles. The van der Waals surface area contributed by atoms with E-state index in [-0.39, 0.29) is 11.9 Å². The van der Waals surface area contributed by atoms with E-state index in [1.54, 1.807) is 12.3 Å². The number of carbonyl (C=O) groups excluding carboxylic acids is 1. The van der Waals surface area contributed by atoms with Gasteiger partial charge in [0.25, 0.3) is 5.91 Å². The minimum absolute atomic E-state index is 0.145. The first-order chi connectivity index (χ1) is 9.66. The molecule has 0 radical (unpaired) electrons. The molecule has 0 aliphatic heterocycles. The number of thiocarbonyl (C=S) groups is 1. The highest BCUT2D eigenvalue weighted by molar-refractivity contribution is 7.80. The largest absolute Gasteiger partial charge is 0.392 e. The van der Waals surface area contributed by atoms with E-state index in [2.05, 4.69) is 10.3 Å². The SMILES string of the molecule is NC(=S)C(NC(=O)c1ccnc2ccccc12)C1CC1. The maximum atomic E-state index is 12.5. The Morgan fingerprint density at radius 3 is 2.80 bits per heavy atom. The van der Waals surface area contributed by atoms with E-state index in [0.29, 0.717) is 16.5 Å². The van der Waals surface area contributed by atoms with Crippen LogP contribution in [0.1, 0.15) is 23.2 Å². The highest BCUT2D eigenvalue weighted by Crippen LogP contribution is 2.33. The summed E-state index contributed by atoms with van der Waals surface area (Å²) in [5, 5.41) is 3.79. The Kier molecular flexibility index (Phi) is 3.36. The molecule has 1 amide bonds. The lowest BCUT2D eigenvalue weighted by molar-refractivity contribution is 0.0945. The second-order valence-corrected chi connectivity index (χ2v) is 5.54. The summed E-state index contributed by atoms with van der Waals surface area (Å²) in [5.74, 6) is 0.248. The topological polar surface area (TPSA) is 68.0 Å². The first-order valence-corrected chi connectivity index (χ1v) is 7.01. The monoisotopic (exact) mass is 285 g/mol. The number of rotatable bonds is 4. The predicted octanol–water partition coefficient (Wildman–Crippen LogP) is 2.03. The lowest BCUT2D eigenvalue weighted by atomic mass is 10.1. The zero-order valence-electron chi connectivity index (χ0n) is 10.9. The molecule has 1 heterocycles. The van der Waals surface area contributed by atoms with Gasteiger partial charge in [-0.1, -0.05) is 30.4 Å². The van der Waals surface area contributed by atoms with Gasteiger partial charge < -0.3 is 11.1 Å². The summed E-state index contributed by atoms with van der Waals surface area (Å²) >= 11 is 5.05. The Morgan fingerprint density at radius 1 is 1.35 bits per heavy atom. The van der Waals surface area contributed by atoms with Gasteiger partial charge in [-0.2, -0.15) is 0 Å². The van der Waals surface area contributed by atoms with Crippen molar-refractivity contribution in [3.8, 4) is 0 Å². The zero-order valence-corrected chi connectivity index (χ0v) is 11.7. The summed E-state index contributed by atoms with van der Waals surface area (Å²) in [6.07, 6.45) is 3.78. The lowest BCUT2D eigenvalue weighted by Gasteiger charge is -2.17. The van der Waals surface area contributed by atoms with Gasteiger partial charge in [-0.25, -0.2) is 0 Å². The van der Waals surface area contributed by atoms with Gasteiger partial charge in [-0.15, -0.1) is 0 Å². The average molecular weight is 285 g/mol. The van der Waals surface area contributed by atoms with Gasteiger partial charge in [-0.3, -0.25) is 9.78 Å². The van der Waals surface area contributed by atoms with Crippen LogP contribution in [0.15, 0.2) is 36.5 Å². The molecule has 1 aliphatic carbocycles. The highest BCUT2D eigenvalue weighted by Gasteiger charge is 2.34. The Bertz CT molecular complexity index is 676. The molecule has 1 aliphatic rings. The maximum Gasteiger partial charge on any atom is 0.252 e. The van der Waals surface area contributed by atoms with Crippen molar-refractivity contribution in [2.45, 2.75) is 18.9 Å². The molecule has 3 rings (SSSR count). The Hall–Kier alpha value is -2.01. The molecule has 0 bridgehead atoms. The quantitative estimate of drug-likeness (QED) is 0.843. The van der Waals surface area contributed by atoms with E-state index in [1.165, 1.54) is 0 Å². The fourth-order valence-corrected chi connectivity index (χ4v) is 2.62. The molecule has 1 aromatic carbocycles. The first-order valence-electron chi connectivity index (χ1n) is 6.61. The maximum absolute atomic E-state index is 12.5. The van der Waals surface area contributed by atoms with E-state index >= 15 is 0 Å². The molecule has 20 heavy (non-hydrogen) atoms. The molecule has 0 spiro atoms. The third-order valence-electron chi connectivity index (χ3n) is 3.58. The number of fused-ring (bicyclic) bond motifs is 1. The molecule has 1 fully saturated rings. The van der Waals surface area contributed by atoms with Crippen LogP contribution in [0, 0.1) is 5.92 Å². The molecule has 1 unspecified atom stereocenters. The minimum Gasteiger partial charge on any atom is -0.392 e. The van der Waals surface area contributed by atoms with Crippen LogP contribution in [0.3, 0.4) is 0 Å². The van der Waals surface area contributed by atoms with Crippen LogP contribution in [0.2, 0.25) is 0 Å². The van der Waals surface area contributed by atoms with E-state index < -0.39 is 0 Å². The van der Waals surface area contributed by atoms with Gasteiger partial charge in [0.2, 0.25) is 0 Å². The number of benzene rings is 1. The predicted molar refractivity (Wildman–Crippen MR) is 82.5 cm³/mol. The highest BCUT2D eigenvalue weighted by atomic mass is 32.1. The molecular weight excluding hydrogens is 270 g/mol. The van der Waals surface area contributed by atoms with Gasteiger partial charge >= 0.3 is 0 Å². The Labute approximate surface area is 122 Å². The summed E-state index contributed by atoms with van der Waals surface area (Å²) < 4.78 is 0.